The average Bonchev–Trinajstić information content (AvgIpc) is 2.69. The number of aromatic nitrogens is 1. The topological polar surface area (TPSA) is 54.5 Å². The molecule has 0 radical (unpaired) electrons. The maximum Gasteiger partial charge on any atom is 0.251 e. The average molecular weight is 353 g/mol. The summed E-state index contributed by atoms with van der Waals surface area (Å²) in [6.45, 7) is 6.60. The second kappa shape index (κ2) is 9.34. The molecule has 138 valence electrons. The van der Waals surface area contributed by atoms with Crippen LogP contribution in [0.5, 0.6) is 5.75 Å². The molecule has 2 aromatic rings. The highest BCUT2D eigenvalue weighted by Gasteiger charge is 2.15. The van der Waals surface area contributed by atoms with Gasteiger partial charge < -0.3 is 15.0 Å². The number of carbonyl (C=O) groups is 1. The molecule has 0 atom stereocenters. The highest BCUT2D eigenvalue weighted by molar-refractivity contribution is 5.94. The molecule has 0 spiro atoms. The molecule has 1 fully saturated rings. The second-order valence-corrected chi connectivity index (χ2v) is 6.96. The van der Waals surface area contributed by atoms with Crippen molar-refractivity contribution in [2.24, 2.45) is 5.92 Å². The van der Waals surface area contributed by atoms with E-state index in [9.17, 15) is 4.79 Å². The predicted molar refractivity (Wildman–Crippen MR) is 102 cm³/mol. The highest BCUT2D eigenvalue weighted by Crippen LogP contribution is 2.16. The fraction of sp³-hybridized carbons (Fsp3) is 0.429. The van der Waals surface area contributed by atoms with Crippen LogP contribution in [-0.2, 0) is 6.61 Å². The van der Waals surface area contributed by atoms with Gasteiger partial charge in [0.15, 0.2) is 0 Å². The van der Waals surface area contributed by atoms with E-state index in [1.807, 2.05) is 30.3 Å². The van der Waals surface area contributed by atoms with Gasteiger partial charge in [-0.3, -0.25) is 9.78 Å². The van der Waals surface area contributed by atoms with Crippen molar-refractivity contribution in [3.63, 3.8) is 0 Å². The zero-order valence-corrected chi connectivity index (χ0v) is 15.4. The van der Waals surface area contributed by atoms with Crippen LogP contribution >= 0.6 is 0 Å². The zero-order valence-electron chi connectivity index (χ0n) is 15.4. The van der Waals surface area contributed by atoms with Crippen molar-refractivity contribution < 1.29 is 9.53 Å². The number of piperidine rings is 1. The van der Waals surface area contributed by atoms with Crippen LogP contribution in [0.2, 0.25) is 0 Å². The van der Waals surface area contributed by atoms with Crippen LogP contribution in [0.25, 0.3) is 0 Å². The molecule has 1 N–H and O–H groups in total. The first-order valence-corrected chi connectivity index (χ1v) is 9.33. The third-order valence-electron chi connectivity index (χ3n) is 4.81. The molecule has 1 amide bonds. The number of hydrogen-bond acceptors (Lipinski definition) is 4. The number of hydrogen-bond donors (Lipinski definition) is 1. The lowest BCUT2D eigenvalue weighted by Crippen LogP contribution is -2.39. The Balaban J connectivity index is 1.45. The Hall–Kier alpha value is -2.40. The molecule has 0 bridgehead atoms. The Labute approximate surface area is 155 Å². The van der Waals surface area contributed by atoms with Crippen molar-refractivity contribution in [2.45, 2.75) is 26.4 Å². The number of benzene rings is 1. The SMILES string of the molecule is CC1CCN(CCNC(=O)c2cccc(OCc3cccnc3)c2)CC1. The predicted octanol–water partition coefficient (Wildman–Crippen LogP) is 3.12. The van der Waals surface area contributed by atoms with Crippen LogP contribution in [0.15, 0.2) is 48.8 Å². The van der Waals surface area contributed by atoms with Crippen molar-refractivity contribution in [1.29, 1.82) is 0 Å². The number of likely N-dealkylation sites (tertiary alicyclic amines) is 1. The van der Waals surface area contributed by atoms with E-state index in [0.717, 1.165) is 31.1 Å². The first-order chi connectivity index (χ1) is 12.7. The largest absolute Gasteiger partial charge is 0.489 e. The Morgan fingerprint density at radius 1 is 1.27 bits per heavy atom. The zero-order chi connectivity index (χ0) is 18.2. The van der Waals surface area contributed by atoms with Crippen LogP contribution < -0.4 is 10.1 Å². The van der Waals surface area contributed by atoms with Crippen LogP contribution in [0.4, 0.5) is 0 Å². The van der Waals surface area contributed by atoms with Gasteiger partial charge in [0, 0.05) is 36.6 Å². The molecule has 1 aromatic heterocycles. The van der Waals surface area contributed by atoms with Gasteiger partial charge in [-0.15, -0.1) is 0 Å². The van der Waals surface area contributed by atoms with E-state index in [4.69, 9.17) is 4.74 Å². The van der Waals surface area contributed by atoms with Gasteiger partial charge in [0.1, 0.15) is 12.4 Å². The third kappa shape index (κ3) is 5.56. The van der Waals surface area contributed by atoms with Gasteiger partial charge in [0.2, 0.25) is 0 Å². The number of ether oxygens (including phenoxy) is 1. The molecular weight excluding hydrogens is 326 g/mol. The summed E-state index contributed by atoms with van der Waals surface area (Å²) in [4.78, 5) is 18.9. The Bertz CT molecular complexity index is 697. The quantitative estimate of drug-likeness (QED) is 0.831. The number of nitrogens with one attached hydrogen (secondary N) is 1. The van der Waals surface area contributed by atoms with E-state index in [1.165, 1.54) is 12.8 Å². The van der Waals surface area contributed by atoms with Crippen molar-refractivity contribution in [3.8, 4) is 5.75 Å². The summed E-state index contributed by atoms with van der Waals surface area (Å²) < 4.78 is 5.76. The summed E-state index contributed by atoms with van der Waals surface area (Å²) in [5, 5.41) is 3.01. The summed E-state index contributed by atoms with van der Waals surface area (Å²) >= 11 is 0. The second-order valence-electron chi connectivity index (χ2n) is 6.96. The fourth-order valence-corrected chi connectivity index (χ4v) is 3.09. The van der Waals surface area contributed by atoms with Crippen molar-refractivity contribution >= 4 is 5.91 Å². The maximum atomic E-state index is 12.4. The van der Waals surface area contributed by atoms with Gasteiger partial charge in [-0.05, 0) is 56.1 Å². The van der Waals surface area contributed by atoms with Crippen LogP contribution in [0.3, 0.4) is 0 Å². The van der Waals surface area contributed by atoms with E-state index in [1.54, 1.807) is 18.5 Å². The van der Waals surface area contributed by atoms with Gasteiger partial charge >= 0.3 is 0 Å². The standard InChI is InChI=1S/C21H27N3O2/c1-17-7-11-24(12-8-17)13-10-23-21(25)19-5-2-6-20(14-19)26-16-18-4-3-9-22-15-18/h2-6,9,14-15,17H,7-8,10-13,16H2,1H3,(H,23,25). The lowest BCUT2D eigenvalue weighted by Gasteiger charge is -2.30. The maximum absolute atomic E-state index is 12.4. The number of carbonyl (C=O) groups excluding carboxylic acids is 1. The van der Waals surface area contributed by atoms with E-state index in [0.29, 0.717) is 24.5 Å². The lowest BCUT2D eigenvalue weighted by molar-refractivity contribution is 0.0944. The summed E-state index contributed by atoms with van der Waals surface area (Å²) in [7, 11) is 0. The molecule has 5 heteroatoms. The molecule has 1 aromatic carbocycles. The minimum atomic E-state index is -0.0535. The van der Waals surface area contributed by atoms with Gasteiger partial charge in [0.05, 0.1) is 0 Å². The number of amides is 1. The summed E-state index contributed by atoms with van der Waals surface area (Å²) in [6, 6.07) is 11.2. The normalized spacial score (nSPS) is 15.6. The summed E-state index contributed by atoms with van der Waals surface area (Å²) in [5.41, 5.74) is 1.62. The van der Waals surface area contributed by atoms with Gasteiger partial charge in [0.25, 0.3) is 5.91 Å². The molecule has 1 aliphatic heterocycles. The first-order valence-electron chi connectivity index (χ1n) is 9.33. The smallest absolute Gasteiger partial charge is 0.251 e. The van der Waals surface area contributed by atoms with E-state index in [2.05, 4.69) is 22.1 Å². The first kappa shape index (κ1) is 18.4. The Morgan fingerprint density at radius 3 is 2.88 bits per heavy atom. The van der Waals surface area contributed by atoms with Crippen molar-refractivity contribution in [2.75, 3.05) is 26.2 Å². The van der Waals surface area contributed by atoms with Gasteiger partial charge in [-0.25, -0.2) is 0 Å². The van der Waals surface area contributed by atoms with Crippen molar-refractivity contribution in [3.05, 3.63) is 59.9 Å². The molecule has 2 heterocycles. The van der Waals surface area contributed by atoms with Crippen molar-refractivity contribution in [1.82, 2.24) is 15.2 Å². The molecule has 1 saturated heterocycles. The molecule has 1 aliphatic rings. The fourth-order valence-electron chi connectivity index (χ4n) is 3.09. The Morgan fingerprint density at radius 2 is 2.12 bits per heavy atom. The van der Waals surface area contributed by atoms with Crippen LogP contribution in [0, 0.1) is 5.92 Å². The Kier molecular flexibility index (Phi) is 6.61. The highest BCUT2D eigenvalue weighted by atomic mass is 16.5. The molecule has 0 unspecified atom stereocenters. The van der Waals surface area contributed by atoms with Crippen LogP contribution in [0.1, 0.15) is 35.7 Å². The molecule has 0 aliphatic carbocycles. The lowest BCUT2D eigenvalue weighted by atomic mass is 9.99. The third-order valence-corrected chi connectivity index (χ3v) is 4.81. The minimum Gasteiger partial charge on any atom is -0.489 e. The molecule has 0 saturated carbocycles. The van der Waals surface area contributed by atoms with Crippen LogP contribution in [-0.4, -0.2) is 42.0 Å². The minimum absolute atomic E-state index is 0.0535. The summed E-state index contributed by atoms with van der Waals surface area (Å²) in [6.07, 6.45) is 6.02. The molecule has 3 rings (SSSR count). The summed E-state index contributed by atoms with van der Waals surface area (Å²) in [5.74, 6) is 1.46. The molecule has 26 heavy (non-hydrogen) atoms. The van der Waals surface area contributed by atoms with E-state index < -0.39 is 0 Å². The number of nitrogens with zero attached hydrogens (tertiary/aromatic N) is 2. The van der Waals surface area contributed by atoms with Gasteiger partial charge in [-0.1, -0.05) is 19.1 Å². The monoisotopic (exact) mass is 353 g/mol. The molecule has 5 nitrogen and oxygen atoms in total. The van der Waals surface area contributed by atoms with E-state index >= 15 is 0 Å². The number of pyridine rings is 1. The molecular formula is C21H27N3O2. The number of rotatable bonds is 7. The van der Waals surface area contributed by atoms with Gasteiger partial charge in [-0.2, -0.15) is 0 Å². The van der Waals surface area contributed by atoms with E-state index in [-0.39, 0.29) is 5.91 Å².